The van der Waals surface area contributed by atoms with E-state index in [1.54, 1.807) is 0 Å². The SMILES string of the molecule is CCCCC[C@H]1O[C@H]1C/C=C\CCCCCCCC(=O)NCCCC. The summed E-state index contributed by atoms with van der Waals surface area (Å²) in [6, 6.07) is 0. The van der Waals surface area contributed by atoms with E-state index in [9.17, 15) is 4.79 Å². The number of amides is 1. The van der Waals surface area contributed by atoms with E-state index < -0.39 is 0 Å². The minimum Gasteiger partial charge on any atom is -0.369 e. The number of unbranched alkanes of at least 4 members (excludes halogenated alkanes) is 8. The molecule has 1 heterocycles. The Morgan fingerprint density at radius 3 is 2.44 bits per heavy atom. The second-order valence-electron chi connectivity index (χ2n) is 7.43. The van der Waals surface area contributed by atoms with Gasteiger partial charge in [0, 0.05) is 13.0 Å². The number of ether oxygens (including phenoxy) is 1. The summed E-state index contributed by atoms with van der Waals surface area (Å²) >= 11 is 0. The Kier molecular flexibility index (Phi) is 13.7. The molecule has 0 aromatic heterocycles. The first-order valence-corrected chi connectivity index (χ1v) is 10.8. The summed E-state index contributed by atoms with van der Waals surface area (Å²) in [6.45, 7) is 5.23. The van der Waals surface area contributed by atoms with Crippen LogP contribution in [-0.4, -0.2) is 24.7 Å². The zero-order valence-electron chi connectivity index (χ0n) is 16.7. The van der Waals surface area contributed by atoms with Crippen LogP contribution in [0.3, 0.4) is 0 Å². The Hall–Kier alpha value is -0.830. The third-order valence-corrected chi connectivity index (χ3v) is 4.94. The molecular weight excluding hydrogens is 310 g/mol. The van der Waals surface area contributed by atoms with E-state index in [-0.39, 0.29) is 5.91 Å². The molecule has 3 nitrogen and oxygen atoms in total. The van der Waals surface area contributed by atoms with Crippen molar-refractivity contribution in [2.45, 2.75) is 116 Å². The summed E-state index contributed by atoms with van der Waals surface area (Å²) in [5.41, 5.74) is 0. The Balaban J connectivity index is 1.79. The van der Waals surface area contributed by atoms with Crippen LogP contribution in [0.15, 0.2) is 12.2 Å². The fourth-order valence-electron chi connectivity index (χ4n) is 3.16. The zero-order valence-corrected chi connectivity index (χ0v) is 16.7. The summed E-state index contributed by atoms with van der Waals surface area (Å²) in [5.74, 6) is 0.228. The number of epoxide rings is 1. The first-order chi connectivity index (χ1) is 12.3. The van der Waals surface area contributed by atoms with Gasteiger partial charge in [-0.25, -0.2) is 0 Å². The summed E-state index contributed by atoms with van der Waals surface area (Å²) in [6.07, 6.45) is 22.1. The molecule has 3 heteroatoms. The Morgan fingerprint density at radius 1 is 0.880 bits per heavy atom. The van der Waals surface area contributed by atoms with Gasteiger partial charge in [-0.3, -0.25) is 4.79 Å². The van der Waals surface area contributed by atoms with E-state index in [4.69, 9.17) is 4.74 Å². The van der Waals surface area contributed by atoms with E-state index in [2.05, 4.69) is 31.3 Å². The van der Waals surface area contributed by atoms with Gasteiger partial charge in [0.15, 0.2) is 0 Å². The molecule has 0 unspecified atom stereocenters. The van der Waals surface area contributed by atoms with Crippen molar-refractivity contribution in [2.75, 3.05) is 6.54 Å². The minimum atomic E-state index is 0.228. The predicted molar refractivity (Wildman–Crippen MR) is 107 cm³/mol. The molecule has 1 saturated heterocycles. The average Bonchev–Trinajstić information content (AvgIpc) is 3.35. The molecule has 1 fully saturated rings. The lowest BCUT2D eigenvalue weighted by molar-refractivity contribution is -0.121. The van der Waals surface area contributed by atoms with Gasteiger partial charge in [0.25, 0.3) is 0 Å². The van der Waals surface area contributed by atoms with Gasteiger partial charge in [0.2, 0.25) is 5.91 Å². The molecule has 0 saturated carbocycles. The lowest BCUT2D eigenvalue weighted by Gasteiger charge is -2.04. The normalized spacial score (nSPS) is 19.4. The first kappa shape index (κ1) is 22.2. The van der Waals surface area contributed by atoms with Crippen LogP contribution in [-0.2, 0) is 9.53 Å². The quantitative estimate of drug-likeness (QED) is 0.200. The van der Waals surface area contributed by atoms with E-state index in [0.29, 0.717) is 18.6 Å². The number of carbonyl (C=O) groups excluding carboxylic acids is 1. The van der Waals surface area contributed by atoms with Gasteiger partial charge in [0.1, 0.15) is 0 Å². The van der Waals surface area contributed by atoms with Crippen molar-refractivity contribution in [3.63, 3.8) is 0 Å². The monoisotopic (exact) mass is 351 g/mol. The molecule has 0 aromatic carbocycles. The second-order valence-corrected chi connectivity index (χ2v) is 7.43. The highest BCUT2D eigenvalue weighted by atomic mass is 16.6. The Bertz CT molecular complexity index is 354. The standard InChI is InChI=1S/C22H41NO2/c1-3-5-13-16-20-21(25-20)17-14-11-9-7-8-10-12-15-18-22(24)23-19-6-4-2/h11,14,20-21H,3-10,12-13,15-19H2,1-2H3,(H,23,24)/b14-11-/t20-,21+/m1/s1. The second kappa shape index (κ2) is 15.4. The molecule has 0 bridgehead atoms. The van der Waals surface area contributed by atoms with Crippen LogP contribution in [0.2, 0.25) is 0 Å². The lowest BCUT2D eigenvalue weighted by Crippen LogP contribution is -2.23. The first-order valence-electron chi connectivity index (χ1n) is 10.8. The van der Waals surface area contributed by atoms with Crippen LogP contribution in [0.25, 0.3) is 0 Å². The maximum Gasteiger partial charge on any atom is 0.219 e. The fourth-order valence-corrected chi connectivity index (χ4v) is 3.16. The van der Waals surface area contributed by atoms with Crippen molar-refractivity contribution in [1.29, 1.82) is 0 Å². The fraction of sp³-hybridized carbons (Fsp3) is 0.864. The molecule has 1 aliphatic rings. The molecule has 2 atom stereocenters. The van der Waals surface area contributed by atoms with Crippen LogP contribution in [0.4, 0.5) is 0 Å². The van der Waals surface area contributed by atoms with Crippen LogP contribution >= 0.6 is 0 Å². The third-order valence-electron chi connectivity index (χ3n) is 4.94. The molecule has 1 aliphatic heterocycles. The van der Waals surface area contributed by atoms with Crippen LogP contribution < -0.4 is 5.32 Å². The van der Waals surface area contributed by atoms with E-state index in [0.717, 1.165) is 32.2 Å². The van der Waals surface area contributed by atoms with E-state index in [1.807, 2.05) is 0 Å². The van der Waals surface area contributed by atoms with Crippen molar-refractivity contribution >= 4 is 5.91 Å². The highest BCUT2D eigenvalue weighted by Gasteiger charge is 2.36. The molecular formula is C22H41NO2. The molecule has 0 aromatic rings. The molecule has 1 amide bonds. The van der Waals surface area contributed by atoms with E-state index in [1.165, 1.54) is 57.8 Å². The van der Waals surface area contributed by atoms with Crippen molar-refractivity contribution in [2.24, 2.45) is 0 Å². The molecule has 1 rings (SSSR count). The van der Waals surface area contributed by atoms with Crippen molar-refractivity contribution in [3.8, 4) is 0 Å². The predicted octanol–water partition coefficient (Wildman–Crippen LogP) is 5.93. The molecule has 1 N–H and O–H groups in total. The Labute approximate surface area is 156 Å². The highest BCUT2D eigenvalue weighted by Crippen LogP contribution is 2.30. The summed E-state index contributed by atoms with van der Waals surface area (Å²) < 4.78 is 5.70. The lowest BCUT2D eigenvalue weighted by atomic mass is 10.1. The molecule has 0 radical (unpaired) electrons. The summed E-state index contributed by atoms with van der Waals surface area (Å²) in [5, 5.41) is 2.98. The van der Waals surface area contributed by atoms with Crippen molar-refractivity contribution in [3.05, 3.63) is 12.2 Å². The third kappa shape index (κ3) is 13.1. The van der Waals surface area contributed by atoms with Gasteiger partial charge in [-0.1, -0.05) is 70.9 Å². The largest absolute Gasteiger partial charge is 0.369 e. The summed E-state index contributed by atoms with van der Waals surface area (Å²) in [4.78, 5) is 11.6. The minimum absolute atomic E-state index is 0.228. The smallest absolute Gasteiger partial charge is 0.219 e. The van der Waals surface area contributed by atoms with Crippen LogP contribution in [0, 0.1) is 0 Å². The molecule has 25 heavy (non-hydrogen) atoms. The van der Waals surface area contributed by atoms with Gasteiger partial charge in [-0.15, -0.1) is 0 Å². The number of rotatable bonds is 17. The van der Waals surface area contributed by atoms with Crippen molar-refractivity contribution in [1.82, 2.24) is 5.32 Å². The number of hydrogen-bond donors (Lipinski definition) is 1. The van der Waals surface area contributed by atoms with Gasteiger partial charge >= 0.3 is 0 Å². The molecule has 146 valence electrons. The van der Waals surface area contributed by atoms with Crippen LogP contribution in [0.5, 0.6) is 0 Å². The highest BCUT2D eigenvalue weighted by molar-refractivity contribution is 5.75. The maximum atomic E-state index is 11.6. The van der Waals surface area contributed by atoms with Crippen LogP contribution in [0.1, 0.15) is 104 Å². The van der Waals surface area contributed by atoms with Gasteiger partial charge in [-0.05, 0) is 38.5 Å². The maximum absolute atomic E-state index is 11.6. The number of carbonyl (C=O) groups is 1. The Morgan fingerprint density at radius 2 is 1.64 bits per heavy atom. The zero-order chi connectivity index (χ0) is 18.2. The number of allylic oxidation sites excluding steroid dienone is 1. The average molecular weight is 352 g/mol. The van der Waals surface area contributed by atoms with E-state index >= 15 is 0 Å². The topological polar surface area (TPSA) is 41.6 Å². The number of nitrogens with one attached hydrogen (secondary N) is 1. The summed E-state index contributed by atoms with van der Waals surface area (Å²) in [7, 11) is 0. The van der Waals surface area contributed by atoms with Gasteiger partial charge < -0.3 is 10.1 Å². The molecule has 0 spiro atoms. The van der Waals surface area contributed by atoms with Gasteiger partial charge in [0.05, 0.1) is 12.2 Å². The number of hydrogen-bond acceptors (Lipinski definition) is 2. The molecule has 0 aliphatic carbocycles. The van der Waals surface area contributed by atoms with Crippen molar-refractivity contribution < 1.29 is 9.53 Å². The van der Waals surface area contributed by atoms with Gasteiger partial charge in [-0.2, -0.15) is 0 Å².